The van der Waals surface area contributed by atoms with Gasteiger partial charge in [0.1, 0.15) is 0 Å². The Balaban J connectivity index is 1.55. The molecule has 3 aromatic rings. The molecule has 1 saturated carbocycles. The van der Waals surface area contributed by atoms with Crippen LogP contribution in [0.1, 0.15) is 53.0 Å². The van der Waals surface area contributed by atoms with Crippen LogP contribution in [0.15, 0.2) is 28.8 Å². The molecular weight excluding hydrogens is 394 g/mol. The summed E-state index contributed by atoms with van der Waals surface area (Å²) in [6.07, 6.45) is 1.05. The second-order valence-electron chi connectivity index (χ2n) is 7.31. The minimum atomic E-state index is -1.01. The lowest BCUT2D eigenvalue weighted by atomic mass is 10.1. The number of esters is 1. The van der Waals surface area contributed by atoms with Gasteiger partial charge < -0.3 is 14.6 Å². The smallest absolute Gasteiger partial charge is 0.339 e. The fourth-order valence-electron chi connectivity index (χ4n) is 3.10. The Hall–Kier alpha value is -2.93. The third kappa shape index (κ3) is 3.96. The van der Waals surface area contributed by atoms with Gasteiger partial charge in [-0.3, -0.25) is 4.79 Å². The van der Waals surface area contributed by atoms with E-state index in [1.807, 2.05) is 6.92 Å². The maximum atomic E-state index is 12.9. The first-order valence-electron chi connectivity index (χ1n) is 9.38. The van der Waals surface area contributed by atoms with Crippen LogP contribution in [0.5, 0.6) is 0 Å². The van der Waals surface area contributed by atoms with Gasteiger partial charge in [0.25, 0.3) is 11.6 Å². The van der Waals surface area contributed by atoms with Crippen LogP contribution < -0.4 is 5.32 Å². The van der Waals surface area contributed by atoms with Crippen LogP contribution in [-0.4, -0.2) is 28.1 Å². The first-order chi connectivity index (χ1) is 13.8. The SMILES string of the molecule is Cc1ccc(Cl)cc1NC(=O)C(C)OC(=O)c1cc(C2CC2)nc2onc(C)c12. The minimum Gasteiger partial charge on any atom is -0.449 e. The average Bonchev–Trinajstić information content (AvgIpc) is 3.47. The van der Waals surface area contributed by atoms with Gasteiger partial charge in [0.2, 0.25) is 0 Å². The fourth-order valence-corrected chi connectivity index (χ4v) is 3.28. The van der Waals surface area contributed by atoms with Gasteiger partial charge in [-0.25, -0.2) is 9.78 Å². The van der Waals surface area contributed by atoms with E-state index < -0.39 is 18.0 Å². The number of nitrogens with one attached hydrogen (secondary N) is 1. The van der Waals surface area contributed by atoms with Gasteiger partial charge in [-0.05, 0) is 57.4 Å². The van der Waals surface area contributed by atoms with Crippen molar-refractivity contribution in [3.05, 3.63) is 51.8 Å². The lowest BCUT2D eigenvalue weighted by molar-refractivity contribution is -0.123. The summed E-state index contributed by atoms with van der Waals surface area (Å²) < 4.78 is 10.7. The second kappa shape index (κ2) is 7.48. The Morgan fingerprint density at radius 2 is 2.03 bits per heavy atom. The van der Waals surface area contributed by atoms with E-state index in [4.69, 9.17) is 20.9 Å². The predicted octanol–water partition coefficient (Wildman–Crippen LogP) is 4.55. The standard InChI is InChI=1S/C21H20ClN3O4/c1-10-4-7-14(22)8-16(10)23-19(26)12(3)28-21(27)15-9-17(13-5-6-13)24-20-18(15)11(2)25-29-20/h4,7-9,12-13H,5-6H2,1-3H3,(H,23,26). The van der Waals surface area contributed by atoms with Crippen molar-refractivity contribution in [2.75, 3.05) is 5.32 Å². The summed E-state index contributed by atoms with van der Waals surface area (Å²) in [7, 11) is 0. The number of aromatic nitrogens is 2. The van der Waals surface area contributed by atoms with Crippen LogP contribution in [0, 0.1) is 13.8 Å². The summed E-state index contributed by atoms with van der Waals surface area (Å²) in [5, 5.41) is 7.67. The number of fused-ring (bicyclic) bond motifs is 1. The number of pyridine rings is 1. The van der Waals surface area contributed by atoms with E-state index in [-0.39, 0.29) is 0 Å². The molecule has 1 unspecified atom stereocenters. The molecule has 0 spiro atoms. The van der Waals surface area contributed by atoms with Crippen LogP contribution >= 0.6 is 11.6 Å². The van der Waals surface area contributed by atoms with Crippen LogP contribution in [0.25, 0.3) is 11.1 Å². The zero-order chi connectivity index (χ0) is 20.7. The van der Waals surface area contributed by atoms with Crippen LogP contribution in [0.3, 0.4) is 0 Å². The van der Waals surface area contributed by atoms with Gasteiger partial charge in [0.15, 0.2) is 6.10 Å². The minimum absolute atomic E-state index is 0.311. The van der Waals surface area contributed by atoms with Gasteiger partial charge >= 0.3 is 5.97 Å². The highest BCUT2D eigenvalue weighted by molar-refractivity contribution is 6.31. The molecule has 4 rings (SSSR count). The summed E-state index contributed by atoms with van der Waals surface area (Å²) in [5.74, 6) is -0.738. The molecule has 1 aromatic carbocycles. The number of hydrogen-bond donors (Lipinski definition) is 1. The molecule has 8 heteroatoms. The first kappa shape index (κ1) is 19.4. The highest BCUT2D eigenvalue weighted by Gasteiger charge is 2.30. The van der Waals surface area contributed by atoms with Gasteiger partial charge in [0, 0.05) is 22.3 Å². The maximum Gasteiger partial charge on any atom is 0.339 e. The molecule has 1 aliphatic rings. The number of nitrogens with zero attached hydrogens (tertiary/aromatic N) is 2. The van der Waals surface area contributed by atoms with Gasteiger partial charge in [-0.1, -0.05) is 22.8 Å². The van der Waals surface area contributed by atoms with E-state index in [0.29, 0.717) is 39.0 Å². The van der Waals surface area contributed by atoms with E-state index in [9.17, 15) is 9.59 Å². The number of halogens is 1. The molecule has 150 valence electrons. The molecule has 29 heavy (non-hydrogen) atoms. The number of amides is 1. The van der Waals surface area contributed by atoms with Crippen molar-refractivity contribution in [2.24, 2.45) is 0 Å². The van der Waals surface area contributed by atoms with Crippen molar-refractivity contribution in [1.29, 1.82) is 0 Å². The largest absolute Gasteiger partial charge is 0.449 e. The molecule has 0 radical (unpaired) electrons. The number of benzene rings is 1. The quantitative estimate of drug-likeness (QED) is 0.616. The number of aryl methyl sites for hydroxylation is 2. The summed E-state index contributed by atoms with van der Waals surface area (Å²) in [5.41, 5.74) is 3.38. The third-order valence-corrected chi connectivity index (χ3v) is 5.20. The normalized spacial score (nSPS) is 14.6. The first-order valence-corrected chi connectivity index (χ1v) is 9.76. The molecule has 1 N–H and O–H groups in total. The molecule has 7 nitrogen and oxygen atoms in total. The summed E-state index contributed by atoms with van der Waals surface area (Å²) in [4.78, 5) is 29.9. The van der Waals surface area contributed by atoms with E-state index in [1.165, 1.54) is 6.92 Å². The van der Waals surface area contributed by atoms with E-state index in [2.05, 4.69) is 15.5 Å². The summed E-state index contributed by atoms with van der Waals surface area (Å²) in [6.45, 7) is 5.11. The molecule has 2 heterocycles. The zero-order valence-corrected chi connectivity index (χ0v) is 17.0. The number of carbonyl (C=O) groups excluding carboxylic acids is 2. The molecule has 0 bridgehead atoms. The van der Waals surface area contributed by atoms with Crippen molar-refractivity contribution in [1.82, 2.24) is 10.1 Å². The highest BCUT2D eigenvalue weighted by Crippen LogP contribution is 2.40. The van der Waals surface area contributed by atoms with Crippen LogP contribution in [0.2, 0.25) is 5.02 Å². The Morgan fingerprint density at radius 1 is 1.28 bits per heavy atom. The van der Waals surface area contributed by atoms with E-state index >= 15 is 0 Å². The molecule has 0 saturated heterocycles. The molecular formula is C21H20ClN3O4. The number of anilines is 1. The number of carbonyl (C=O) groups is 2. The number of ether oxygens (including phenoxy) is 1. The van der Waals surface area contributed by atoms with Crippen molar-refractivity contribution < 1.29 is 18.8 Å². The van der Waals surface area contributed by atoms with Crippen molar-refractivity contribution >= 4 is 40.3 Å². The van der Waals surface area contributed by atoms with Gasteiger partial charge in [-0.2, -0.15) is 0 Å². The Kier molecular flexibility index (Phi) is 5.00. The molecule has 1 aliphatic carbocycles. The summed E-state index contributed by atoms with van der Waals surface area (Å²) >= 11 is 5.99. The molecule has 1 atom stereocenters. The molecule has 1 fully saturated rings. The average molecular weight is 414 g/mol. The Labute approximate surface area is 172 Å². The number of hydrogen-bond acceptors (Lipinski definition) is 6. The lowest BCUT2D eigenvalue weighted by Crippen LogP contribution is -2.30. The fraction of sp³-hybridized carbons (Fsp3) is 0.333. The highest BCUT2D eigenvalue weighted by atomic mass is 35.5. The number of rotatable bonds is 5. The Bertz CT molecular complexity index is 1120. The van der Waals surface area contributed by atoms with Gasteiger partial charge in [0.05, 0.1) is 16.6 Å². The molecule has 1 amide bonds. The topological polar surface area (TPSA) is 94.3 Å². The second-order valence-corrected chi connectivity index (χ2v) is 7.75. The Morgan fingerprint density at radius 3 is 2.76 bits per heavy atom. The zero-order valence-electron chi connectivity index (χ0n) is 16.3. The predicted molar refractivity (Wildman–Crippen MR) is 108 cm³/mol. The third-order valence-electron chi connectivity index (χ3n) is 4.96. The van der Waals surface area contributed by atoms with Crippen molar-refractivity contribution in [2.45, 2.75) is 45.6 Å². The molecule has 0 aliphatic heterocycles. The monoisotopic (exact) mass is 413 g/mol. The van der Waals surface area contributed by atoms with E-state index in [0.717, 1.165) is 24.1 Å². The van der Waals surface area contributed by atoms with E-state index in [1.54, 1.807) is 31.2 Å². The van der Waals surface area contributed by atoms with Crippen molar-refractivity contribution in [3.63, 3.8) is 0 Å². The van der Waals surface area contributed by atoms with Crippen LogP contribution in [0.4, 0.5) is 5.69 Å². The van der Waals surface area contributed by atoms with Crippen molar-refractivity contribution in [3.8, 4) is 0 Å². The van der Waals surface area contributed by atoms with Crippen LogP contribution in [-0.2, 0) is 9.53 Å². The molecule has 2 aromatic heterocycles. The maximum absolute atomic E-state index is 12.9. The van der Waals surface area contributed by atoms with Gasteiger partial charge in [-0.15, -0.1) is 0 Å². The summed E-state index contributed by atoms with van der Waals surface area (Å²) in [6, 6.07) is 6.91. The lowest BCUT2D eigenvalue weighted by Gasteiger charge is -2.15.